The Balaban J connectivity index is 2.02. The van der Waals surface area contributed by atoms with Gasteiger partial charge in [-0.15, -0.1) is 0 Å². The lowest BCUT2D eigenvalue weighted by atomic mass is 10.1. The van der Waals surface area contributed by atoms with Crippen LogP contribution in [0.3, 0.4) is 0 Å². The standard InChI is InChI=1S/C12H14F2O/c1-2-12(13,14)15-11-7-9-5-3-4-6-10(9)8-11/h3-6,11H,2,7-8H2,1H3. The maximum absolute atomic E-state index is 13.0. The van der Waals surface area contributed by atoms with Crippen molar-refractivity contribution in [2.75, 3.05) is 0 Å². The third kappa shape index (κ3) is 2.34. The number of alkyl halides is 2. The van der Waals surface area contributed by atoms with Crippen LogP contribution in [0.5, 0.6) is 0 Å². The van der Waals surface area contributed by atoms with Gasteiger partial charge >= 0.3 is 6.11 Å². The predicted molar refractivity (Wildman–Crippen MR) is 54.0 cm³/mol. The van der Waals surface area contributed by atoms with Crippen molar-refractivity contribution < 1.29 is 13.5 Å². The van der Waals surface area contributed by atoms with E-state index in [-0.39, 0.29) is 12.5 Å². The molecule has 2 rings (SSSR count). The summed E-state index contributed by atoms with van der Waals surface area (Å²) in [7, 11) is 0. The van der Waals surface area contributed by atoms with Crippen LogP contribution in [0, 0.1) is 0 Å². The van der Waals surface area contributed by atoms with E-state index in [0.717, 1.165) is 11.1 Å². The highest BCUT2D eigenvalue weighted by molar-refractivity contribution is 5.32. The van der Waals surface area contributed by atoms with Crippen LogP contribution in [-0.4, -0.2) is 12.2 Å². The van der Waals surface area contributed by atoms with Gasteiger partial charge in [0.05, 0.1) is 6.10 Å². The molecule has 0 heterocycles. The number of hydrogen-bond acceptors (Lipinski definition) is 1. The Kier molecular flexibility index (Phi) is 2.74. The molecule has 0 atom stereocenters. The first-order chi connectivity index (χ1) is 7.11. The molecule has 1 aliphatic carbocycles. The lowest BCUT2D eigenvalue weighted by Gasteiger charge is -2.19. The van der Waals surface area contributed by atoms with Crippen molar-refractivity contribution in [3.05, 3.63) is 35.4 Å². The Morgan fingerprint density at radius 2 is 1.80 bits per heavy atom. The average Bonchev–Trinajstić information content (AvgIpc) is 2.58. The number of hydrogen-bond donors (Lipinski definition) is 0. The molecule has 0 amide bonds. The van der Waals surface area contributed by atoms with Crippen LogP contribution >= 0.6 is 0 Å². The fourth-order valence-corrected chi connectivity index (χ4v) is 1.93. The van der Waals surface area contributed by atoms with Gasteiger partial charge in [0, 0.05) is 6.42 Å². The summed E-state index contributed by atoms with van der Waals surface area (Å²) in [6.45, 7) is 1.43. The first-order valence-electron chi connectivity index (χ1n) is 5.23. The fraction of sp³-hybridized carbons (Fsp3) is 0.500. The third-order valence-electron chi connectivity index (χ3n) is 2.76. The van der Waals surface area contributed by atoms with Crippen molar-refractivity contribution in [2.45, 2.75) is 38.4 Å². The molecule has 82 valence electrons. The van der Waals surface area contributed by atoms with Gasteiger partial charge in [-0.05, 0) is 24.0 Å². The van der Waals surface area contributed by atoms with Crippen LogP contribution in [0.2, 0.25) is 0 Å². The molecule has 0 spiro atoms. The van der Waals surface area contributed by atoms with Gasteiger partial charge in [0.25, 0.3) is 0 Å². The molecule has 0 aromatic heterocycles. The molecule has 0 unspecified atom stereocenters. The molecule has 15 heavy (non-hydrogen) atoms. The summed E-state index contributed by atoms with van der Waals surface area (Å²) in [4.78, 5) is 0. The lowest BCUT2D eigenvalue weighted by molar-refractivity contribution is -0.261. The van der Waals surface area contributed by atoms with E-state index in [2.05, 4.69) is 0 Å². The van der Waals surface area contributed by atoms with Gasteiger partial charge in [-0.1, -0.05) is 31.2 Å². The topological polar surface area (TPSA) is 9.23 Å². The predicted octanol–water partition coefficient (Wildman–Crippen LogP) is 3.17. The van der Waals surface area contributed by atoms with Crippen LogP contribution in [0.15, 0.2) is 24.3 Å². The first kappa shape index (κ1) is 10.6. The summed E-state index contributed by atoms with van der Waals surface area (Å²) in [5.74, 6) is 0. The second-order valence-corrected chi connectivity index (χ2v) is 3.91. The summed E-state index contributed by atoms with van der Waals surface area (Å²) in [6.07, 6.45) is -2.40. The van der Waals surface area contributed by atoms with Gasteiger partial charge in [0.1, 0.15) is 0 Å². The average molecular weight is 212 g/mol. The largest absolute Gasteiger partial charge is 0.355 e. The Morgan fingerprint density at radius 1 is 1.27 bits per heavy atom. The third-order valence-corrected chi connectivity index (χ3v) is 2.76. The summed E-state index contributed by atoms with van der Waals surface area (Å²) in [5, 5.41) is 0. The maximum Gasteiger partial charge on any atom is 0.355 e. The van der Waals surface area contributed by atoms with Gasteiger partial charge in [-0.2, -0.15) is 8.78 Å². The number of benzene rings is 1. The Labute approximate surface area is 88.1 Å². The molecule has 0 aliphatic heterocycles. The molecule has 0 radical (unpaired) electrons. The number of halogens is 2. The molecular weight excluding hydrogens is 198 g/mol. The van der Waals surface area contributed by atoms with E-state index >= 15 is 0 Å². The van der Waals surface area contributed by atoms with Crippen molar-refractivity contribution in [3.8, 4) is 0 Å². The van der Waals surface area contributed by atoms with Gasteiger partial charge in [0.2, 0.25) is 0 Å². The minimum absolute atomic E-state index is 0.264. The molecule has 0 saturated carbocycles. The Hall–Kier alpha value is -0.960. The maximum atomic E-state index is 13.0. The summed E-state index contributed by atoms with van der Waals surface area (Å²) < 4.78 is 30.8. The second kappa shape index (κ2) is 3.89. The minimum atomic E-state index is -2.98. The normalized spacial score (nSPS) is 16.7. The van der Waals surface area contributed by atoms with Crippen LogP contribution < -0.4 is 0 Å². The highest BCUT2D eigenvalue weighted by Gasteiger charge is 2.34. The van der Waals surface area contributed by atoms with Crippen LogP contribution in [0.4, 0.5) is 8.78 Å². The second-order valence-electron chi connectivity index (χ2n) is 3.91. The van der Waals surface area contributed by atoms with E-state index in [1.165, 1.54) is 6.92 Å². The smallest absolute Gasteiger partial charge is 0.316 e. The van der Waals surface area contributed by atoms with Crippen molar-refractivity contribution in [2.24, 2.45) is 0 Å². The van der Waals surface area contributed by atoms with E-state index in [9.17, 15) is 8.78 Å². The minimum Gasteiger partial charge on any atom is -0.316 e. The highest BCUT2D eigenvalue weighted by atomic mass is 19.3. The summed E-state index contributed by atoms with van der Waals surface area (Å²) in [6, 6.07) is 7.81. The molecule has 1 nitrogen and oxygen atoms in total. The number of ether oxygens (including phenoxy) is 1. The quantitative estimate of drug-likeness (QED) is 0.747. The van der Waals surface area contributed by atoms with Gasteiger partial charge in [0.15, 0.2) is 0 Å². The van der Waals surface area contributed by atoms with Gasteiger partial charge < -0.3 is 4.74 Å². The molecule has 0 saturated heterocycles. The van der Waals surface area contributed by atoms with E-state index in [1.807, 2.05) is 24.3 Å². The monoisotopic (exact) mass is 212 g/mol. The highest BCUT2D eigenvalue weighted by Crippen LogP contribution is 2.29. The van der Waals surface area contributed by atoms with Crippen molar-refractivity contribution >= 4 is 0 Å². The van der Waals surface area contributed by atoms with Crippen molar-refractivity contribution in [1.29, 1.82) is 0 Å². The fourth-order valence-electron chi connectivity index (χ4n) is 1.93. The zero-order valence-electron chi connectivity index (χ0n) is 8.67. The molecule has 0 N–H and O–H groups in total. The van der Waals surface area contributed by atoms with E-state index in [4.69, 9.17) is 4.74 Å². The van der Waals surface area contributed by atoms with Crippen LogP contribution in [0.1, 0.15) is 24.5 Å². The number of fused-ring (bicyclic) bond motifs is 1. The van der Waals surface area contributed by atoms with Crippen LogP contribution in [0.25, 0.3) is 0 Å². The Bertz CT molecular complexity index is 324. The number of rotatable bonds is 3. The van der Waals surface area contributed by atoms with Gasteiger partial charge in [-0.25, -0.2) is 0 Å². The molecule has 1 aromatic rings. The summed E-state index contributed by atoms with van der Waals surface area (Å²) in [5.41, 5.74) is 2.27. The SMILES string of the molecule is CCC(F)(F)OC1Cc2ccccc2C1. The molecule has 1 aliphatic rings. The van der Waals surface area contributed by atoms with Crippen molar-refractivity contribution in [3.63, 3.8) is 0 Å². The van der Waals surface area contributed by atoms with Crippen molar-refractivity contribution in [1.82, 2.24) is 0 Å². The lowest BCUT2D eigenvalue weighted by Crippen LogP contribution is -2.27. The van der Waals surface area contributed by atoms with E-state index in [1.54, 1.807) is 0 Å². The molecular formula is C12H14F2O. The van der Waals surface area contributed by atoms with E-state index in [0.29, 0.717) is 12.8 Å². The van der Waals surface area contributed by atoms with Crippen LogP contribution in [-0.2, 0) is 17.6 Å². The van der Waals surface area contributed by atoms with Gasteiger partial charge in [-0.3, -0.25) is 0 Å². The molecule has 3 heteroatoms. The van der Waals surface area contributed by atoms with E-state index < -0.39 is 6.11 Å². The molecule has 0 bridgehead atoms. The molecule has 1 aromatic carbocycles. The zero-order chi connectivity index (χ0) is 10.9. The zero-order valence-corrected chi connectivity index (χ0v) is 8.67. The summed E-state index contributed by atoms with van der Waals surface area (Å²) >= 11 is 0. The molecule has 0 fully saturated rings. The Morgan fingerprint density at radius 3 is 2.27 bits per heavy atom. The first-order valence-corrected chi connectivity index (χ1v) is 5.23.